The Labute approximate surface area is 234 Å². The molecule has 3 rings (SSSR count). The highest BCUT2D eigenvalue weighted by molar-refractivity contribution is 9.10. The molecule has 0 aliphatic carbocycles. The molecule has 3 aromatic carbocycles. The molecule has 202 valence electrons. The molecular weight excluding hydrogens is 566 g/mol. The number of amides is 2. The van der Waals surface area contributed by atoms with E-state index in [-0.39, 0.29) is 12.5 Å². The smallest absolute Gasteiger partial charge is 0.244 e. The van der Waals surface area contributed by atoms with Crippen LogP contribution in [0.5, 0.6) is 0 Å². The third-order valence-electron chi connectivity index (χ3n) is 6.20. The van der Waals surface area contributed by atoms with E-state index in [1.165, 1.54) is 4.90 Å². The maximum atomic E-state index is 13.9. The number of carbonyl (C=O) groups is 2. The van der Waals surface area contributed by atoms with Gasteiger partial charge in [-0.2, -0.15) is 0 Å². The molecule has 1 unspecified atom stereocenters. The number of benzene rings is 3. The lowest BCUT2D eigenvalue weighted by molar-refractivity contribution is -0.140. The second-order valence-corrected chi connectivity index (χ2v) is 11.9. The third kappa shape index (κ3) is 8.16. The number of rotatable bonds is 12. The van der Waals surface area contributed by atoms with Crippen LogP contribution in [-0.2, 0) is 39.0 Å². The van der Waals surface area contributed by atoms with Crippen molar-refractivity contribution in [3.8, 4) is 0 Å². The Kier molecular flexibility index (Phi) is 10.5. The summed E-state index contributed by atoms with van der Waals surface area (Å²) in [6.45, 7) is 3.97. The minimum absolute atomic E-state index is 0.146. The number of aryl methyl sites for hydroxylation is 1. The van der Waals surface area contributed by atoms with Crippen molar-refractivity contribution in [2.45, 2.75) is 39.3 Å². The molecule has 0 aliphatic heterocycles. The fourth-order valence-corrected chi connectivity index (χ4v) is 5.26. The molecular formula is C29H34BrN3O4S. The zero-order valence-corrected chi connectivity index (χ0v) is 24.3. The summed E-state index contributed by atoms with van der Waals surface area (Å²) in [6.07, 6.45) is 2.18. The lowest BCUT2D eigenvalue weighted by Crippen LogP contribution is -2.53. The number of anilines is 1. The second kappa shape index (κ2) is 13.6. The van der Waals surface area contributed by atoms with Crippen LogP contribution in [-0.4, -0.2) is 50.5 Å². The molecule has 0 heterocycles. The molecule has 0 fully saturated rings. The van der Waals surface area contributed by atoms with Gasteiger partial charge in [-0.3, -0.25) is 13.9 Å². The van der Waals surface area contributed by atoms with Gasteiger partial charge in [0, 0.05) is 24.0 Å². The van der Waals surface area contributed by atoms with Crippen LogP contribution in [0.25, 0.3) is 0 Å². The number of sulfonamides is 1. The Morgan fingerprint density at radius 1 is 0.868 bits per heavy atom. The molecule has 0 saturated carbocycles. The van der Waals surface area contributed by atoms with Gasteiger partial charge in [0.1, 0.15) is 12.6 Å². The van der Waals surface area contributed by atoms with Crippen LogP contribution >= 0.6 is 15.9 Å². The Morgan fingerprint density at radius 2 is 1.47 bits per heavy atom. The number of halogens is 1. The van der Waals surface area contributed by atoms with Gasteiger partial charge in [-0.05, 0) is 54.3 Å². The van der Waals surface area contributed by atoms with Crippen LogP contribution in [0.3, 0.4) is 0 Å². The minimum Gasteiger partial charge on any atom is -0.355 e. The molecule has 7 nitrogen and oxygen atoms in total. The van der Waals surface area contributed by atoms with Crippen LogP contribution in [0.2, 0.25) is 0 Å². The van der Waals surface area contributed by atoms with Crippen LogP contribution in [0, 0.1) is 0 Å². The van der Waals surface area contributed by atoms with Crippen molar-refractivity contribution in [3.05, 3.63) is 100 Å². The monoisotopic (exact) mass is 599 g/mol. The first-order valence-electron chi connectivity index (χ1n) is 12.5. The largest absolute Gasteiger partial charge is 0.355 e. The number of likely N-dealkylation sites (N-methyl/N-ethyl adjacent to an activating group) is 1. The molecule has 0 aromatic heterocycles. The predicted octanol–water partition coefficient (Wildman–Crippen LogP) is 4.55. The predicted molar refractivity (Wildman–Crippen MR) is 155 cm³/mol. The first-order chi connectivity index (χ1) is 18.1. The van der Waals surface area contributed by atoms with E-state index < -0.39 is 28.5 Å². The van der Waals surface area contributed by atoms with E-state index in [1.807, 2.05) is 80.6 Å². The van der Waals surface area contributed by atoms with Crippen molar-refractivity contribution in [2.75, 3.05) is 23.7 Å². The van der Waals surface area contributed by atoms with E-state index in [0.717, 1.165) is 38.1 Å². The number of carbonyl (C=O) groups excluding carboxylic acids is 2. The summed E-state index contributed by atoms with van der Waals surface area (Å²) in [6, 6.07) is 23.2. The highest BCUT2D eigenvalue weighted by Gasteiger charge is 2.32. The molecule has 0 aliphatic rings. The molecule has 3 aromatic rings. The van der Waals surface area contributed by atoms with Crippen LogP contribution in [0.15, 0.2) is 83.3 Å². The summed E-state index contributed by atoms with van der Waals surface area (Å²) < 4.78 is 27.6. The summed E-state index contributed by atoms with van der Waals surface area (Å²) in [5.74, 6) is -0.759. The number of hydrogen-bond donors (Lipinski definition) is 1. The molecule has 0 bridgehead atoms. The molecule has 1 atom stereocenters. The van der Waals surface area contributed by atoms with Gasteiger partial charge in [-0.25, -0.2) is 8.42 Å². The molecule has 38 heavy (non-hydrogen) atoms. The highest BCUT2D eigenvalue weighted by atomic mass is 79.9. The van der Waals surface area contributed by atoms with E-state index in [4.69, 9.17) is 0 Å². The van der Waals surface area contributed by atoms with Gasteiger partial charge < -0.3 is 10.2 Å². The van der Waals surface area contributed by atoms with Gasteiger partial charge in [0.25, 0.3) is 0 Å². The van der Waals surface area contributed by atoms with E-state index in [9.17, 15) is 18.0 Å². The topological polar surface area (TPSA) is 86.8 Å². The van der Waals surface area contributed by atoms with Gasteiger partial charge in [0.2, 0.25) is 21.8 Å². The van der Waals surface area contributed by atoms with Crippen LogP contribution in [0.4, 0.5) is 5.69 Å². The van der Waals surface area contributed by atoms with Crippen molar-refractivity contribution in [2.24, 2.45) is 0 Å². The zero-order valence-electron chi connectivity index (χ0n) is 21.9. The van der Waals surface area contributed by atoms with Gasteiger partial charge >= 0.3 is 0 Å². The molecule has 9 heteroatoms. The maximum Gasteiger partial charge on any atom is 0.244 e. The quantitative estimate of drug-likeness (QED) is 0.331. The summed E-state index contributed by atoms with van der Waals surface area (Å²) in [7, 11) is -3.78. The molecule has 0 spiro atoms. The Bertz CT molecular complexity index is 1310. The van der Waals surface area contributed by atoms with Crippen molar-refractivity contribution in [3.63, 3.8) is 0 Å². The van der Waals surface area contributed by atoms with Crippen molar-refractivity contribution in [1.29, 1.82) is 0 Å². The summed E-state index contributed by atoms with van der Waals surface area (Å²) in [5.41, 5.74) is 3.18. The molecule has 0 saturated heterocycles. The maximum absolute atomic E-state index is 13.9. The first-order valence-corrected chi connectivity index (χ1v) is 15.2. The molecule has 0 radical (unpaired) electrons. The first kappa shape index (κ1) is 29.4. The van der Waals surface area contributed by atoms with E-state index >= 15 is 0 Å². The van der Waals surface area contributed by atoms with Crippen molar-refractivity contribution in [1.82, 2.24) is 10.2 Å². The van der Waals surface area contributed by atoms with E-state index in [1.54, 1.807) is 12.1 Å². The van der Waals surface area contributed by atoms with Gasteiger partial charge in [-0.15, -0.1) is 0 Å². The van der Waals surface area contributed by atoms with Crippen LogP contribution in [0.1, 0.15) is 30.5 Å². The van der Waals surface area contributed by atoms with Crippen molar-refractivity contribution >= 4 is 43.5 Å². The van der Waals surface area contributed by atoms with Gasteiger partial charge in [-0.1, -0.05) is 77.5 Å². The van der Waals surface area contributed by atoms with Gasteiger partial charge in [0.05, 0.1) is 11.9 Å². The fourth-order valence-electron chi connectivity index (χ4n) is 4.14. The highest BCUT2D eigenvalue weighted by Crippen LogP contribution is 2.21. The number of nitrogens with zero attached hydrogens (tertiary/aromatic N) is 2. The Hall–Kier alpha value is -3.17. The summed E-state index contributed by atoms with van der Waals surface area (Å²) in [5, 5.41) is 2.85. The van der Waals surface area contributed by atoms with Crippen LogP contribution < -0.4 is 9.62 Å². The van der Waals surface area contributed by atoms with Crippen molar-refractivity contribution < 1.29 is 18.0 Å². The fraction of sp³-hybridized carbons (Fsp3) is 0.310. The Balaban J connectivity index is 2.01. The number of nitrogens with one attached hydrogen (secondary N) is 1. The van der Waals surface area contributed by atoms with E-state index in [2.05, 4.69) is 21.2 Å². The SMILES string of the molecule is CCNC(=O)C(Cc1ccccc1)N(Cc1ccc(Br)cc1)C(=O)CN(c1ccc(CC)cc1)S(C)(=O)=O. The average Bonchev–Trinajstić information content (AvgIpc) is 2.90. The third-order valence-corrected chi connectivity index (χ3v) is 7.87. The normalized spacial score (nSPS) is 12.0. The molecule has 2 amide bonds. The lowest BCUT2D eigenvalue weighted by atomic mass is 10.0. The summed E-state index contributed by atoms with van der Waals surface area (Å²) in [4.78, 5) is 28.7. The standard InChI is InChI=1S/C29H34BrN3O4S/c1-4-22-13-17-26(18-14-22)33(38(3,36)37)21-28(34)32(20-24-11-15-25(30)16-12-24)27(29(35)31-5-2)19-23-9-7-6-8-10-23/h6-18,27H,4-5,19-21H2,1-3H3,(H,31,35). The van der Waals surface area contributed by atoms with E-state index in [0.29, 0.717) is 18.7 Å². The Morgan fingerprint density at radius 3 is 2.03 bits per heavy atom. The average molecular weight is 601 g/mol. The molecule has 1 N–H and O–H groups in total. The lowest BCUT2D eigenvalue weighted by Gasteiger charge is -2.33. The zero-order chi connectivity index (χ0) is 27.7. The number of hydrogen-bond acceptors (Lipinski definition) is 4. The minimum atomic E-state index is -3.78. The summed E-state index contributed by atoms with van der Waals surface area (Å²) >= 11 is 3.43. The second-order valence-electron chi connectivity index (χ2n) is 9.04. The van der Waals surface area contributed by atoms with Gasteiger partial charge in [0.15, 0.2) is 0 Å².